The Morgan fingerprint density at radius 3 is 2.54 bits per heavy atom. The molecular formula is C9H12N2O2. The van der Waals surface area contributed by atoms with Crippen molar-refractivity contribution in [3.63, 3.8) is 0 Å². The van der Waals surface area contributed by atoms with Gasteiger partial charge in [-0.2, -0.15) is 5.26 Å². The topological polar surface area (TPSA) is 73.1 Å². The normalized spacial score (nSPS) is 34.2. The standard InChI is InChI=1S/C9H12N2O2/c10-5-9(1-2-9)8(13)11-6-3-7(12)4-6/h6-7,12H,1-4H2,(H,11,13). The fourth-order valence-electron chi connectivity index (χ4n) is 1.54. The SMILES string of the molecule is N#CC1(C(=O)NC2CC(O)C2)CC1. The van der Waals surface area contributed by atoms with Gasteiger partial charge in [0.15, 0.2) is 0 Å². The number of nitrogens with zero attached hydrogens (tertiary/aromatic N) is 1. The van der Waals surface area contributed by atoms with Crippen LogP contribution in [0.1, 0.15) is 25.7 Å². The second-order valence-corrected chi connectivity index (χ2v) is 3.99. The van der Waals surface area contributed by atoms with E-state index in [2.05, 4.69) is 5.32 Å². The first-order valence-corrected chi connectivity index (χ1v) is 4.56. The van der Waals surface area contributed by atoms with Gasteiger partial charge in [0.2, 0.25) is 5.91 Å². The molecule has 2 rings (SSSR count). The van der Waals surface area contributed by atoms with Crippen LogP contribution in [0.3, 0.4) is 0 Å². The van der Waals surface area contributed by atoms with Gasteiger partial charge in [-0.15, -0.1) is 0 Å². The lowest BCUT2D eigenvalue weighted by Crippen LogP contribution is -2.48. The number of rotatable bonds is 2. The minimum Gasteiger partial charge on any atom is -0.393 e. The van der Waals surface area contributed by atoms with E-state index in [1.807, 2.05) is 6.07 Å². The molecule has 0 saturated heterocycles. The van der Waals surface area contributed by atoms with Crippen LogP contribution in [0, 0.1) is 16.7 Å². The van der Waals surface area contributed by atoms with E-state index < -0.39 is 5.41 Å². The molecule has 0 aliphatic heterocycles. The van der Waals surface area contributed by atoms with Crippen molar-refractivity contribution < 1.29 is 9.90 Å². The van der Waals surface area contributed by atoms with Gasteiger partial charge in [-0.05, 0) is 25.7 Å². The van der Waals surface area contributed by atoms with Crippen molar-refractivity contribution in [1.29, 1.82) is 5.26 Å². The minimum absolute atomic E-state index is 0.0910. The van der Waals surface area contributed by atoms with Gasteiger partial charge in [-0.25, -0.2) is 0 Å². The molecule has 0 aromatic heterocycles. The quantitative estimate of drug-likeness (QED) is 0.624. The van der Waals surface area contributed by atoms with E-state index in [9.17, 15) is 4.79 Å². The zero-order chi connectivity index (χ0) is 9.47. The van der Waals surface area contributed by atoms with Gasteiger partial charge in [0.1, 0.15) is 5.41 Å². The summed E-state index contributed by atoms with van der Waals surface area (Å²) in [6.45, 7) is 0. The van der Waals surface area contributed by atoms with Crippen LogP contribution in [0.4, 0.5) is 0 Å². The number of aliphatic hydroxyl groups is 1. The first-order chi connectivity index (χ1) is 6.16. The largest absolute Gasteiger partial charge is 0.393 e. The number of carbonyl (C=O) groups excluding carboxylic acids is 1. The molecule has 2 N–H and O–H groups in total. The molecule has 0 aromatic carbocycles. The van der Waals surface area contributed by atoms with Gasteiger partial charge in [0.25, 0.3) is 0 Å². The Hall–Kier alpha value is -1.08. The molecule has 70 valence electrons. The molecular weight excluding hydrogens is 168 g/mol. The maximum absolute atomic E-state index is 11.5. The highest BCUT2D eigenvalue weighted by Crippen LogP contribution is 2.45. The zero-order valence-corrected chi connectivity index (χ0v) is 7.29. The van der Waals surface area contributed by atoms with Crippen LogP contribution in [0.15, 0.2) is 0 Å². The van der Waals surface area contributed by atoms with Crippen LogP contribution < -0.4 is 5.32 Å². The van der Waals surface area contributed by atoms with Gasteiger partial charge >= 0.3 is 0 Å². The van der Waals surface area contributed by atoms with Gasteiger partial charge in [0.05, 0.1) is 12.2 Å². The smallest absolute Gasteiger partial charge is 0.240 e. The predicted octanol–water partition coefficient (Wildman–Crippen LogP) is -0.0703. The highest BCUT2D eigenvalue weighted by Gasteiger charge is 2.51. The fraction of sp³-hybridized carbons (Fsp3) is 0.778. The van der Waals surface area contributed by atoms with Crippen LogP contribution in [-0.2, 0) is 4.79 Å². The van der Waals surface area contributed by atoms with Gasteiger partial charge in [0, 0.05) is 6.04 Å². The van der Waals surface area contributed by atoms with E-state index in [4.69, 9.17) is 10.4 Å². The third kappa shape index (κ3) is 1.40. The van der Waals surface area contributed by atoms with E-state index in [0.717, 1.165) is 0 Å². The van der Waals surface area contributed by atoms with E-state index in [0.29, 0.717) is 25.7 Å². The van der Waals surface area contributed by atoms with Crippen molar-refractivity contribution >= 4 is 5.91 Å². The molecule has 4 nitrogen and oxygen atoms in total. The molecule has 1 amide bonds. The highest BCUT2D eigenvalue weighted by molar-refractivity contribution is 5.88. The van der Waals surface area contributed by atoms with Crippen LogP contribution in [-0.4, -0.2) is 23.2 Å². The van der Waals surface area contributed by atoms with Crippen LogP contribution in [0.2, 0.25) is 0 Å². The van der Waals surface area contributed by atoms with E-state index in [1.54, 1.807) is 0 Å². The number of carbonyl (C=O) groups is 1. The molecule has 2 saturated carbocycles. The molecule has 2 aliphatic carbocycles. The maximum atomic E-state index is 11.5. The summed E-state index contributed by atoms with van der Waals surface area (Å²) in [6, 6.07) is 2.13. The minimum atomic E-state index is -0.722. The lowest BCUT2D eigenvalue weighted by Gasteiger charge is -2.32. The molecule has 0 unspecified atom stereocenters. The summed E-state index contributed by atoms with van der Waals surface area (Å²) in [5.74, 6) is -0.146. The summed E-state index contributed by atoms with van der Waals surface area (Å²) in [5, 5.41) is 20.5. The molecule has 0 spiro atoms. The molecule has 0 aromatic rings. The number of amides is 1. The summed E-state index contributed by atoms with van der Waals surface area (Å²) in [4.78, 5) is 11.5. The molecule has 0 heterocycles. The van der Waals surface area contributed by atoms with E-state index >= 15 is 0 Å². The number of nitriles is 1. The average molecular weight is 180 g/mol. The predicted molar refractivity (Wildman–Crippen MR) is 44.5 cm³/mol. The van der Waals surface area contributed by atoms with Gasteiger partial charge < -0.3 is 10.4 Å². The molecule has 2 fully saturated rings. The second kappa shape index (κ2) is 2.71. The van der Waals surface area contributed by atoms with E-state index in [1.165, 1.54) is 0 Å². The molecule has 0 bridgehead atoms. The summed E-state index contributed by atoms with van der Waals surface area (Å²) in [5.41, 5.74) is -0.722. The second-order valence-electron chi connectivity index (χ2n) is 3.99. The third-order valence-corrected chi connectivity index (χ3v) is 2.85. The Morgan fingerprint density at radius 1 is 1.54 bits per heavy atom. The first-order valence-electron chi connectivity index (χ1n) is 4.56. The Kier molecular flexibility index (Phi) is 1.77. The van der Waals surface area contributed by atoms with Crippen LogP contribution in [0.25, 0.3) is 0 Å². The van der Waals surface area contributed by atoms with Gasteiger partial charge in [-0.3, -0.25) is 4.79 Å². The van der Waals surface area contributed by atoms with Crippen molar-refractivity contribution in [3.8, 4) is 6.07 Å². The van der Waals surface area contributed by atoms with Crippen molar-refractivity contribution in [2.24, 2.45) is 5.41 Å². The number of hydrogen-bond donors (Lipinski definition) is 2. The molecule has 0 atom stereocenters. The van der Waals surface area contributed by atoms with E-state index in [-0.39, 0.29) is 18.1 Å². The van der Waals surface area contributed by atoms with Crippen molar-refractivity contribution in [2.45, 2.75) is 37.8 Å². The molecule has 0 radical (unpaired) electrons. The maximum Gasteiger partial charge on any atom is 0.240 e. The number of hydrogen-bond acceptors (Lipinski definition) is 3. The fourth-order valence-corrected chi connectivity index (χ4v) is 1.54. The molecule has 2 aliphatic rings. The van der Waals surface area contributed by atoms with Crippen LogP contribution in [0.5, 0.6) is 0 Å². The molecule has 13 heavy (non-hydrogen) atoms. The number of aliphatic hydroxyl groups excluding tert-OH is 1. The Labute approximate surface area is 76.5 Å². The lowest BCUT2D eigenvalue weighted by molar-refractivity contribution is -0.126. The van der Waals surface area contributed by atoms with Crippen molar-refractivity contribution in [3.05, 3.63) is 0 Å². The van der Waals surface area contributed by atoms with Crippen molar-refractivity contribution in [2.75, 3.05) is 0 Å². The Balaban J connectivity index is 1.83. The zero-order valence-electron chi connectivity index (χ0n) is 7.29. The first kappa shape index (κ1) is 8.52. The summed E-state index contributed by atoms with van der Waals surface area (Å²) < 4.78 is 0. The van der Waals surface area contributed by atoms with Crippen LogP contribution >= 0.6 is 0 Å². The third-order valence-electron chi connectivity index (χ3n) is 2.85. The average Bonchev–Trinajstić information content (AvgIpc) is 2.81. The molecule has 4 heteroatoms. The van der Waals surface area contributed by atoms with Gasteiger partial charge in [-0.1, -0.05) is 0 Å². The highest BCUT2D eigenvalue weighted by atomic mass is 16.3. The monoisotopic (exact) mass is 180 g/mol. The lowest BCUT2D eigenvalue weighted by atomic mass is 9.89. The Morgan fingerprint density at radius 2 is 2.15 bits per heavy atom. The summed E-state index contributed by atoms with van der Waals surface area (Å²) >= 11 is 0. The summed E-state index contributed by atoms with van der Waals surface area (Å²) in [6.07, 6.45) is 2.37. The Bertz CT molecular complexity index is 272. The van der Waals surface area contributed by atoms with Crippen molar-refractivity contribution in [1.82, 2.24) is 5.32 Å². The summed E-state index contributed by atoms with van der Waals surface area (Å²) in [7, 11) is 0. The number of nitrogens with one attached hydrogen (secondary N) is 1.